The summed E-state index contributed by atoms with van der Waals surface area (Å²) in [5.41, 5.74) is 2.18. The highest BCUT2D eigenvalue weighted by Crippen LogP contribution is 2.20. The molecule has 8 nitrogen and oxygen atoms in total. The maximum Gasteiger partial charge on any atom is 0.409 e. The zero-order chi connectivity index (χ0) is 22.8. The molecular formula is C24H34N4O4. The second-order valence-corrected chi connectivity index (χ2v) is 7.84. The van der Waals surface area contributed by atoms with Crippen LogP contribution in [0.3, 0.4) is 0 Å². The quantitative estimate of drug-likeness (QED) is 0.481. The molecule has 0 radical (unpaired) electrons. The van der Waals surface area contributed by atoms with E-state index in [0.29, 0.717) is 32.8 Å². The average Bonchev–Trinajstić information content (AvgIpc) is 3.32. The molecule has 2 heterocycles. The lowest BCUT2D eigenvalue weighted by atomic mass is 10.1. The molecule has 0 spiro atoms. The Morgan fingerprint density at radius 3 is 2.78 bits per heavy atom. The third-order valence-corrected chi connectivity index (χ3v) is 5.46. The number of methoxy groups -OCH3 is 1. The molecule has 174 valence electrons. The van der Waals surface area contributed by atoms with Gasteiger partial charge in [0.05, 0.1) is 26.5 Å². The summed E-state index contributed by atoms with van der Waals surface area (Å²) in [4.78, 5) is 18.5. The van der Waals surface area contributed by atoms with E-state index < -0.39 is 0 Å². The number of piperidine rings is 1. The Balaban J connectivity index is 1.61. The number of aryl methyl sites for hydroxylation is 1. The summed E-state index contributed by atoms with van der Waals surface area (Å²) in [6, 6.07) is 10.2. The lowest BCUT2D eigenvalue weighted by Crippen LogP contribution is -2.50. The van der Waals surface area contributed by atoms with E-state index in [0.717, 1.165) is 47.9 Å². The van der Waals surface area contributed by atoms with Crippen molar-refractivity contribution >= 4 is 12.1 Å². The molecule has 0 bridgehead atoms. The molecule has 0 saturated carbocycles. The molecule has 0 atom stereocenters. The highest BCUT2D eigenvalue weighted by molar-refractivity contribution is 5.80. The number of likely N-dealkylation sites (tertiary alicyclic amines) is 1. The lowest BCUT2D eigenvalue weighted by Gasteiger charge is -2.32. The number of nitrogens with one attached hydrogen (secondary N) is 2. The van der Waals surface area contributed by atoms with Crippen molar-refractivity contribution in [1.82, 2.24) is 15.5 Å². The number of carbonyl (C=O) groups excluding carboxylic acids is 1. The van der Waals surface area contributed by atoms with Gasteiger partial charge in [0.1, 0.15) is 11.5 Å². The number of guanidine groups is 1. The molecule has 1 fully saturated rings. The highest BCUT2D eigenvalue weighted by Gasteiger charge is 2.24. The Bertz CT molecular complexity index is 874. The Morgan fingerprint density at radius 1 is 1.28 bits per heavy atom. The summed E-state index contributed by atoms with van der Waals surface area (Å²) in [7, 11) is 1.68. The molecule has 8 heteroatoms. The number of furan rings is 1. The van der Waals surface area contributed by atoms with Gasteiger partial charge in [-0.15, -0.1) is 0 Å². The third kappa shape index (κ3) is 6.93. The SMILES string of the molecule is CCOC(=O)N1CCC(NC(=NCc2ccc(C)cc2OC)NCCc2ccco2)CC1. The van der Waals surface area contributed by atoms with Gasteiger partial charge in [0.25, 0.3) is 0 Å². The molecule has 2 N–H and O–H groups in total. The van der Waals surface area contributed by atoms with Gasteiger partial charge in [0, 0.05) is 37.7 Å². The lowest BCUT2D eigenvalue weighted by molar-refractivity contribution is 0.0963. The number of ether oxygens (including phenoxy) is 2. The number of amides is 1. The molecule has 1 aromatic carbocycles. The van der Waals surface area contributed by atoms with Crippen LogP contribution in [0, 0.1) is 6.92 Å². The van der Waals surface area contributed by atoms with E-state index >= 15 is 0 Å². The summed E-state index contributed by atoms with van der Waals surface area (Å²) in [6.07, 6.45) is 3.90. The number of benzene rings is 1. The van der Waals surface area contributed by atoms with Crippen molar-refractivity contribution in [3.63, 3.8) is 0 Å². The fourth-order valence-corrected chi connectivity index (χ4v) is 3.67. The Kier molecular flexibility index (Phi) is 8.83. The van der Waals surface area contributed by atoms with E-state index in [1.807, 2.05) is 32.0 Å². The predicted molar refractivity (Wildman–Crippen MR) is 124 cm³/mol. The average molecular weight is 443 g/mol. The Morgan fingerprint density at radius 2 is 2.09 bits per heavy atom. The van der Waals surface area contributed by atoms with Crippen molar-refractivity contribution in [3.8, 4) is 5.75 Å². The monoisotopic (exact) mass is 442 g/mol. The van der Waals surface area contributed by atoms with Crippen LogP contribution in [0.5, 0.6) is 5.75 Å². The first-order valence-corrected chi connectivity index (χ1v) is 11.2. The van der Waals surface area contributed by atoms with Crippen molar-refractivity contribution in [2.75, 3.05) is 33.4 Å². The number of nitrogens with zero attached hydrogens (tertiary/aromatic N) is 2. The minimum absolute atomic E-state index is 0.232. The zero-order valence-electron chi connectivity index (χ0n) is 19.2. The number of rotatable bonds is 8. The molecule has 0 unspecified atom stereocenters. The number of hydrogen-bond acceptors (Lipinski definition) is 5. The summed E-state index contributed by atoms with van der Waals surface area (Å²) < 4.78 is 16.1. The number of aliphatic imine (C=N–C) groups is 1. The van der Waals surface area contributed by atoms with Gasteiger partial charge in [0.15, 0.2) is 5.96 Å². The maximum atomic E-state index is 12.0. The van der Waals surface area contributed by atoms with E-state index in [2.05, 4.69) is 22.8 Å². The van der Waals surface area contributed by atoms with Crippen LogP contribution in [0.15, 0.2) is 46.0 Å². The van der Waals surface area contributed by atoms with Gasteiger partial charge >= 0.3 is 6.09 Å². The molecule has 2 aromatic rings. The van der Waals surface area contributed by atoms with Crippen LogP contribution >= 0.6 is 0 Å². The summed E-state index contributed by atoms with van der Waals surface area (Å²) in [5, 5.41) is 6.95. The largest absolute Gasteiger partial charge is 0.496 e. The fourth-order valence-electron chi connectivity index (χ4n) is 3.67. The predicted octanol–water partition coefficient (Wildman–Crippen LogP) is 3.50. The van der Waals surface area contributed by atoms with Crippen LogP contribution in [0.2, 0.25) is 0 Å². The van der Waals surface area contributed by atoms with Crippen LogP contribution in [0.25, 0.3) is 0 Å². The van der Waals surface area contributed by atoms with Gasteiger partial charge in [-0.2, -0.15) is 0 Å². The van der Waals surface area contributed by atoms with E-state index in [-0.39, 0.29) is 12.1 Å². The van der Waals surface area contributed by atoms with Gasteiger partial charge in [-0.05, 0) is 50.5 Å². The van der Waals surface area contributed by atoms with Gasteiger partial charge in [-0.3, -0.25) is 0 Å². The molecule has 1 amide bonds. The van der Waals surface area contributed by atoms with Gasteiger partial charge < -0.3 is 29.4 Å². The van der Waals surface area contributed by atoms with Crippen molar-refractivity contribution in [2.45, 2.75) is 45.7 Å². The van der Waals surface area contributed by atoms with Crippen LogP contribution in [0.4, 0.5) is 4.79 Å². The van der Waals surface area contributed by atoms with E-state index in [9.17, 15) is 4.79 Å². The number of hydrogen-bond donors (Lipinski definition) is 2. The first kappa shape index (κ1) is 23.5. The van der Waals surface area contributed by atoms with Crippen molar-refractivity contribution in [3.05, 3.63) is 53.5 Å². The van der Waals surface area contributed by atoms with E-state index in [1.54, 1.807) is 18.3 Å². The smallest absolute Gasteiger partial charge is 0.409 e. The minimum Gasteiger partial charge on any atom is -0.496 e. The van der Waals surface area contributed by atoms with Crippen molar-refractivity contribution < 1.29 is 18.7 Å². The summed E-state index contributed by atoms with van der Waals surface area (Å²) in [6.45, 7) is 6.81. The fraction of sp³-hybridized carbons (Fsp3) is 0.500. The highest BCUT2D eigenvalue weighted by atomic mass is 16.6. The topological polar surface area (TPSA) is 88.3 Å². The summed E-state index contributed by atoms with van der Waals surface area (Å²) in [5.74, 6) is 2.51. The molecule has 1 aliphatic heterocycles. The van der Waals surface area contributed by atoms with Crippen molar-refractivity contribution in [1.29, 1.82) is 0 Å². The van der Waals surface area contributed by atoms with Crippen molar-refractivity contribution in [2.24, 2.45) is 4.99 Å². The maximum absolute atomic E-state index is 12.0. The van der Waals surface area contributed by atoms with Crippen LogP contribution in [0.1, 0.15) is 36.7 Å². The van der Waals surface area contributed by atoms with Crippen LogP contribution < -0.4 is 15.4 Å². The molecule has 0 aliphatic carbocycles. The minimum atomic E-state index is -0.233. The van der Waals surface area contributed by atoms with E-state index in [1.165, 1.54) is 0 Å². The number of carbonyl (C=O) groups is 1. The standard InChI is InChI=1S/C24H34N4O4/c1-4-31-24(29)28-13-10-20(11-14-28)27-23(25-12-9-21-6-5-15-32-21)26-17-19-8-7-18(2)16-22(19)30-3/h5-8,15-16,20H,4,9-14,17H2,1-3H3,(H2,25,26,27). The molecule has 32 heavy (non-hydrogen) atoms. The normalized spacial score (nSPS) is 14.8. The van der Waals surface area contributed by atoms with Crippen LogP contribution in [-0.4, -0.2) is 56.3 Å². The first-order chi connectivity index (χ1) is 15.6. The molecule has 1 saturated heterocycles. The Labute approximate surface area is 190 Å². The Hall–Kier alpha value is -3.16. The van der Waals surface area contributed by atoms with Gasteiger partial charge in [-0.25, -0.2) is 9.79 Å². The second kappa shape index (κ2) is 12.0. The van der Waals surface area contributed by atoms with E-state index in [4.69, 9.17) is 18.9 Å². The molecule has 1 aliphatic rings. The zero-order valence-corrected chi connectivity index (χ0v) is 19.2. The first-order valence-electron chi connectivity index (χ1n) is 11.2. The third-order valence-electron chi connectivity index (χ3n) is 5.46. The van der Waals surface area contributed by atoms with Gasteiger partial charge in [0.2, 0.25) is 0 Å². The molecular weight excluding hydrogens is 408 g/mol. The molecule has 3 rings (SSSR count). The van der Waals surface area contributed by atoms with Gasteiger partial charge in [-0.1, -0.05) is 12.1 Å². The summed E-state index contributed by atoms with van der Waals surface area (Å²) >= 11 is 0. The molecule has 1 aromatic heterocycles. The van der Waals surface area contributed by atoms with Crippen LogP contribution in [-0.2, 0) is 17.7 Å². The second-order valence-electron chi connectivity index (χ2n) is 7.84.